The molecule has 23 heavy (non-hydrogen) atoms. The molecule has 2 aliphatic heterocycles. The van der Waals surface area contributed by atoms with Crippen LogP contribution in [0.4, 0.5) is 4.79 Å². The summed E-state index contributed by atoms with van der Waals surface area (Å²) in [4.78, 5) is 13.3. The molecule has 1 amide bonds. The molecule has 0 saturated carbocycles. The quantitative estimate of drug-likeness (QED) is 0.550. The first-order valence-electron chi connectivity index (χ1n) is 7.04. The average molecular weight is 326 g/mol. The van der Waals surface area contributed by atoms with Gasteiger partial charge in [-0.25, -0.2) is 4.79 Å². The first kappa shape index (κ1) is 16.0. The van der Waals surface area contributed by atoms with Gasteiger partial charge in [0.25, 0.3) is 0 Å². The summed E-state index contributed by atoms with van der Waals surface area (Å²) in [6.45, 7) is -0.503. The maximum Gasteiger partial charge on any atom is 0.419 e. The van der Waals surface area contributed by atoms with Gasteiger partial charge in [0.15, 0.2) is 17.7 Å². The molecule has 0 aliphatic carbocycles. The highest BCUT2D eigenvalue weighted by Crippen LogP contribution is 2.41. The third-order valence-corrected chi connectivity index (χ3v) is 4.04. The van der Waals surface area contributed by atoms with Crippen LogP contribution >= 0.6 is 0 Å². The van der Waals surface area contributed by atoms with Crippen LogP contribution in [0, 0.1) is 0 Å². The number of para-hydroxylation sites is 1. The van der Waals surface area contributed by atoms with Crippen LogP contribution in [0.25, 0.3) is 0 Å². The van der Waals surface area contributed by atoms with Crippen LogP contribution < -0.4 is 15.2 Å². The minimum atomic E-state index is -1.42. The number of benzene rings is 1. The number of nitrogens with two attached hydrogens (primary N) is 1. The fraction of sp³-hybridized carbons (Fsp3) is 0.500. The zero-order chi connectivity index (χ0) is 16.7. The van der Waals surface area contributed by atoms with Crippen molar-refractivity contribution in [3.05, 3.63) is 23.8 Å². The van der Waals surface area contributed by atoms with Gasteiger partial charge < -0.3 is 35.3 Å². The maximum absolute atomic E-state index is 12.3. The van der Waals surface area contributed by atoms with Crippen molar-refractivity contribution in [3.8, 4) is 11.5 Å². The summed E-state index contributed by atoms with van der Waals surface area (Å²) in [5.41, 5.74) is 6.59. The van der Waals surface area contributed by atoms with Crippen LogP contribution in [0.2, 0.25) is 0 Å². The van der Waals surface area contributed by atoms with Gasteiger partial charge in [0.05, 0.1) is 13.7 Å². The Kier molecular flexibility index (Phi) is 4.13. The molecule has 5 atom stereocenters. The van der Waals surface area contributed by atoms with Crippen LogP contribution in [-0.2, 0) is 4.74 Å². The number of carbonyl (C=O) groups is 1. The standard InChI is InChI=1S/C14H18N2O7/c1-21-7-4-2-3-6-11(7)23-14(20)16(12(6)15)13-10(19)9(18)8(5-17)22-13/h2-4,8-10,12-13,17-19H,5,15H2,1H3/t8-,9-,10-,12?,13-/m1/s1. The number of fused-ring (bicyclic) bond motifs is 1. The number of carbonyl (C=O) groups excluding carboxylic acids is 1. The highest BCUT2D eigenvalue weighted by Gasteiger charge is 2.50. The lowest BCUT2D eigenvalue weighted by atomic mass is 10.1. The number of aliphatic hydroxyl groups excluding tert-OH is 3. The van der Waals surface area contributed by atoms with Gasteiger partial charge in [-0.3, -0.25) is 4.90 Å². The lowest BCUT2D eigenvalue weighted by molar-refractivity contribution is -0.102. The number of hydrogen-bond donors (Lipinski definition) is 4. The molecule has 1 saturated heterocycles. The predicted octanol–water partition coefficient (Wildman–Crippen LogP) is -1.09. The Morgan fingerprint density at radius 3 is 2.70 bits per heavy atom. The van der Waals surface area contributed by atoms with Crippen molar-refractivity contribution < 1.29 is 34.3 Å². The molecule has 0 aromatic heterocycles. The van der Waals surface area contributed by atoms with Crippen molar-refractivity contribution in [2.24, 2.45) is 5.73 Å². The minimum Gasteiger partial charge on any atom is -0.493 e. The van der Waals surface area contributed by atoms with E-state index in [9.17, 15) is 15.0 Å². The Bertz CT molecular complexity index is 611. The lowest BCUT2D eigenvalue weighted by Crippen LogP contribution is -2.54. The molecule has 0 spiro atoms. The summed E-state index contributed by atoms with van der Waals surface area (Å²) in [6, 6.07) is 4.97. The van der Waals surface area contributed by atoms with Crippen molar-refractivity contribution >= 4 is 6.09 Å². The van der Waals surface area contributed by atoms with E-state index < -0.39 is 43.4 Å². The van der Waals surface area contributed by atoms with Gasteiger partial charge in [0.1, 0.15) is 24.5 Å². The van der Waals surface area contributed by atoms with E-state index in [4.69, 9.17) is 25.1 Å². The fourth-order valence-electron chi connectivity index (χ4n) is 2.81. The SMILES string of the molecule is COc1cccc2c1OC(=O)N([C@@H]1O[C@H](CO)[C@@H](O)[C@H]1O)C2N. The van der Waals surface area contributed by atoms with Gasteiger partial charge in [-0.15, -0.1) is 0 Å². The molecular formula is C14H18N2O7. The number of rotatable bonds is 3. The second-order valence-electron chi connectivity index (χ2n) is 5.33. The number of aliphatic hydroxyl groups is 3. The van der Waals surface area contributed by atoms with Crippen molar-refractivity contribution in [3.63, 3.8) is 0 Å². The molecule has 9 heteroatoms. The molecule has 0 bridgehead atoms. The van der Waals surface area contributed by atoms with E-state index in [1.54, 1.807) is 18.2 Å². The molecule has 5 N–H and O–H groups in total. The first-order valence-corrected chi connectivity index (χ1v) is 7.04. The molecule has 2 heterocycles. The summed E-state index contributed by atoms with van der Waals surface area (Å²) in [6.07, 6.45) is -6.81. The molecular weight excluding hydrogens is 308 g/mol. The number of hydrogen-bond acceptors (Lipinski definition) is 8. The number of amides is 1. The molecule has 1 unspecified atom stereocenters. The zero-order valence-electron chi connectivity index (χ0n) is 12.3. The number of ether oxygens (including phenoxy) is 3. The van der Waals surface area contributed by atoms with Crippen molar-refractivity contribution in [1.82, 2.24) is 4.90 Å². The van der Waals surface area contributed by atoms with Crippen LogP contribution in [0.5, 0.6) is 11.5 Å². The summed E-state index contributed by atoms with van der Waals surface area (Å²) in [5, 5.41) is 29.1. The van der Waals surface area contributed by atoms with Crippen LogP contribution in [0.15, 0.2) is 18.2 Å². The van der Waals surface area contributed by atoms with E-state index >= 15 is 0 Å². The number of nitrogens with zero attached hydrogens (tertiary/aromatic N) is 1. The van der Waals surface area contributed by atoms with Crippen LogP contribution in [0.3, 0.4) is 0 Å². The minimum absolute atomic E-state index is 0.204. The molecule has 126 valence electrons. The Hall–Kier alpha value is -1.91. The molecule has 0 radical (unpaired) electrons. The summed E-state index contributed by atoms with van der Waals surface area (Å²) >= 11 is 0. The van der Waals surface area contributed by atoms with Crippen molar-refractivity contribution in [2.45, 2.75) is 30.7 Å². The molecule has 1 aromatic rings. The van der Waals surface area contributed by atoms with Gasteiger partial charge in [0, 0.05) is 5.56 Å². The highest BCUT2D eigenvalue weighted by atomic mass is 16.6. The Labute approximate surface area is 131 Å². The second-order valence-corrected chi connectivity index (χ2v) is 5.33. The summed E-state index contributed by atoms with van der Waals surface area (Å²) in [5.74, 6) is 0.558. The van der Waals surface area contributed by atoms with Gasteiger partial charge in [-0.05, 0) is 6.07 Å². The summed E-state index contributed by atoms with van der Waals surface area (Å²) < 4.78 is 15.7. The van der Waals surface area contributed by atoms with E-state index in [2.05, 4.69) is 0 Å². The van der Waals surface area contributed by atoms with Crippen molar-refractivity contribution in [1.29, 1.82) is 0 Å². The predicted molar refractivity (Wildman–Crippen MR) is 75.5 cm³/mol. The van der Waals surface area contributed by atoms with Gasteiger partial charge in [-0.1, -0.05) is 12.1 Å². The largest absolute Gasteiger partial charge is 0.493 e. The Balaban J connectivity index is 1.94. The van der Waals surface area contributed by atoms with Crippen molar-refractivity contribution in [2.75, 3.05) is 13.7 Å². The van der Waals surface area contributed by atoms with E-state index in [1.165, 1.54) is 7.11 Å². The topological polar surface area (TPSA) is 135 Å². The van der Waals surface area contributed by atoms with Gasteiger partial charge in [0.2, 0.25) is 0 Å². The number of methoxy groups -OCH3 is 1. The third-order valence-electron chi connectivity index (χ3n) is 4.04. The molecule has 2 aliphatic rings. The fourth-order valence-corrected chi connectivity index (χ4v) is 2.81. The molecule has 3 rings (SSSR count). The average Bonchev–Trinajstić information content (AvgIpc) is 2.82. The van der Waals surface area contributed by atoms with E-state index in [-0.39, 0.29) is 5.75 Å². The monoisotopic (exact) mass is 326 g/mol. The van der Waals surface area contributed by atoms with Crippen LogP contribution in [-0.4, -0.2) is 64.6 Å². The summed E-state index contributed by atoms with van der Waals surface area (Å²) in [7, 11) is 1.44. The first-order chi connectivity index (χ1) is 11.0. The highest BCUT2D eigenvalue weighted by molar-refractivity contribution is 5.76. The van der Waals surface area contributed by atoms with Gasteiger partial charge >= 0.3 is 6.09 Å². The molecule has 9 nitrogen and oxygen atoms in total. The third kappa shape index (κ3) is 2.42. The smallest absolute Gasteiger partial charge is 0.419 e. The normalized spacial score (nSPS) is 33.3. The van der Waals surface area contributed by atoms with Crippen LogP contribution in [0.1, 0.15) is 11.7 Å². The molecule has 1 fully saturated rings. The lowest BCUT2D eigenvalue weighted by Gasteiger charge is -2.38. The zero-order valence-corrected chi connectivity index (χ0v) is 12.3. The Morgan fingerprint density at radius 1 is 1.35 bits per heavy atom. The van der Waals surface area contributed by atoms with E-state index in [0.29, 0.717) is 11.3 Å². The second kappa shape index (κ2) is 5.95. The molecule has 1 aromatic carbocycles. The maximum atomic E-state index is 12.3. The van der Waals surface area contributed by atoms with Gasteiger partial charge in [-0.2, -0.15) is 0 Å². The Morgan fingerprint density at radius 2 is 2.09 bits per heavy atom. The van der Waals surface area contributed by atoms with E-state index in [0.717, 1.165) is 4.90 Å². The van der Waals surface area contributed by atoms with E-state index in [1.807, 2.05) is 0 Å².